The standard InChI is InChI=1S/C49H36N2/c1-49(2)44-24-13-12-23-40(44)43-30-41(34-15-6-3-7-16-34)42(31-45(43)49)35-27-25-33(26-28-35)38-21-14-22-39(29-38)48-50-46(36-17-8-4-9-18-36)32-47(51-48)37-19-10-5-11-20-37/h3-32H,1-2H3. The Bertz CT molecular complexity index is 2460. The molecule has 242 valence electrons. The molecule has 0 N–H and O–H groups in total. The van der Waals surface area contributed by atoms with Gasteiger partial charge in [0.05, 0.1) is 11.4 Å². The summed E-state index contributed by atoms with van der Waals surface area (Å²) in [6.07, 6.45) is 0. The highest BCUT2D eigenvalue weighted by Gasteiger charge is 2.36. The molecule has 9 rings (SSSR count). The second-order valence-corrected chi connectivity index (χ2v) is 13.8. The largest absolute Gasteiger partial charge is 0.228 e. The maximum absolute atomic E-state index is 5.07. The first-order chi connectivity index (χ1) is 25.0. The van der Waals surface area contributed by atoms with E-state index in [0.717, 1.165) is 39.2 Å². The number of hydrogen-bond acceptors (Lipinski definition) is 2. The van der Waals surface area contributed by atoms with E-state index in [-0.39, 0.29) is 5.41 Å². The average Bonchev–Trinajstić information content (AvgIpc) is 3.43. The van der Waals surface area contributed by atoms with Crippen LogP contribution >= 0.6 is 0 Å². The molecule has 0 spiro atoms. The highest BCUT2D eigenvalue weighted by atomic mass is 14.9. The smallest absolute Gasteiger partial charge is 0.160 e. The normalized spacial score (nSPS) is 12.7. The minimum Gasteiger partial charge on any atom is -0.228 e. The van der Waals surface area contributed by atoms with Crippen LogP contribution in [0.4, 0.5) is 0 Å². The molecule has 0 radical (unpaired) electrons. The third-order valence-electron chi connectivity index (χ3n) is 10.3. The van der Waals surface area contributed by atoms with Gasteiger partial charge in [-0.05, 0) is 79.9 Å². The van der Waals surface area contributed by atoms with Gasteiger partial charge >= 0.3 is 0 Å². The summed E-state index contributed by atoms with van der Waals surface area (Å²) in [6.45, 7) is 4.70. The molecule has 0 saturated heterocycles. The van der Waals surface area contributed by atoms with Crippen LogP contribution in [-0.2, 0) is 5.41 Å². The Morgan fingerprint density at radius 3 is 1.45 bits per heavy atom. The Morgan fingerprint density at radius 1 is 0.314 bits per heavy atom. The van der Waals surface area contributed by atoms with E-state index in [1.165, 1.54) is 44.5 Å². The summed E-state index contributed by atoms with van der Waals surface area (Å²) in [5.41, 5.74) is 17.5. The number of nitrogens with zero attached hydrogens (tertiary/aromatic N) is 2. The molecule has 0 atom stereocenters. The van der Waals surface area contributed by atoms with E-state index in [1.807, 2.05) is 12.1 Å². The zero-order valence-corrected chi connectivity index (χ0v) is 28.7. The summed E-state index contributed by atoms with van der Waals surface area (Å²) in [6, 6.07) is 64.9. The van der Waals surface area contributed by atoms with Gasteiger partial charge in [-0.25, -0.2) is 9.97 Å². The van der Waals surface area contributed by atoms with Crippen LogP contribution in [0, 0.1) is 0 Å². The lowest BCUT2D eigenvalue weighted by atomic mass is 9.80. The third kappa shape index (κ3) is 5.56. The van der Waals surface area contributed by atoms with Gasteiger partial charge in [-0.1, -0.05) is 172 Å². The summed E-state index contributed by atoms with van der Waals surface area (Å²) < 4.78 is 0. The molecule has 1 aliphatic rings. The molecule has 0 fully saturated rings. The van der Waals surface area contributed by atoms with Crippen molar-refractivity contribution in [3.63, 3.8) is 0 Å². The second-order valence-electron chi connectivity index (χ2n) is 13.8. The van der Waals surface area contributed by atoms with Crippen molar-refractivity contribution in [2.24, 2.45) is 0 Å². The van der Waals surface area contributed by atoms with E-state index in [9.17, 15) is 0 Å². The van der Waals surface area contributed by atoms with Crippen molar-refractivity contribution in [1.29, 1.82) is 0 Å². The van der Waals surface area contributed by atoms with Gasteiger partial charge in [-0.3, -0.25) is 0 Å². The van der Waals surface area contributed by atoms with Gasteiger partial charge in [0.1, 0.15) is 0 Å². The van der Waals surface area contributed by atoms with E-state index < -0.39 is 0 Å². The van der Waals surface area contributed by atoms with Gasteiger partial charge in [-0.2, -0.15) is 0 Å². The molecule has 0 unspecified atom stereocenters. The van der Waals surface area contributed by atoms with Gasteiger partial charge < -0.3 is 0 Å². The molecule has 1 aromatic heterocycles. The maximum Gasteiger partial charge on any atom is 0.160 e. The predicted molar refractivity (Wildman–Crippen MR) is 212 cm³/mol. The van der Waals surface area contributed by atoms with Crippen molar-refractivity contribution in [1.82, 2.24) is 9.97 Å². The fraction of sp³-hybridized carbons (Fsp3) is 0.0612. The van der Waals surface area contributed by atoms with E-state index in [4.69, 9.17) is 9.97 Å². The Hall–Kier alpha value is -6.38. The number of rotatable bonds is 6. The fourth-order valence-corrected chi connectivity index (χ4v) is 7.61. The van der Waals surface area contributed by atoms with Crippen molar-refractivity contribution < 1.29 is 0 Å². The fourth-order valence-electron chi connectivity index (χ4n) is 7.61. The summed E-state index contributed by atoms with van der Waals surface area (Å²) in [4.78, 5) is 10.1. The van der Waals surface area contributed by atoms with Crippen LogP contribution < -0.4 is 0 Å². The lowest BCUT2D eigenvalue weighted by Gasteiger charge is -2.23. The second kappa shape index (κ2) is 12.5. The average molecular weight is 653 g/mol. The van der Waals surface area contributed by atoms with E-state index >= 15 is 0 Å². The third-order valence-corrected chi connectivity index (χ3v) is 10.3. The molecule has 51 heavy (non-hydrogen) atoms. The highest BCUT2D eigenvalue weighted by Crippen LogP contribution is 2.51. The first-order valence-electron chi connectivity index (χ1n) is 17.6. The zero-order valence-electron chi connectivity index (χ0n) is 28.7. The van der Waals surface area contributed by atoms with Gasteiger partial charge in [-0.15, -0.1) is 0 Å². The van der Waals surface area contributed by atoms with E-state index in [1.54, 1.807) is 0 Å². The van der Waals surface area contributed by atoms with E-state index in [0.29, 0.717) is 5.82 Å². The number of aromatic nitrogens is 2. The molecule has 2 heteroatoms. The Labute approximate surface area is 299 Å². The molecule has 0 amide bonds. The van der Waals surface area contributed by atoms with Gasteiger partial charge in [0.15, 0.2) is 5.82 Å². The Balaban J connectivity index is 1.11. The molecule has 2 nitrogen and oxygen atoms in total. The van der Waals surface area contributed by atoms with Crippen LogP contribution in [0.15, 0.2) is 182 Å². The van der Waals surface area contributed by atoms with Gasteiger partial charge in [0.2, 0.25) is 0 Å². The lowest BCUT2D eigenvalue weighted by molar-refractivity contribution is 0.660. The minimum absolute atomic E-state index is 0.0729. The summed E-state index contributed by atoms with van der Waals surface area (Å²) in [7, 11) is 0. The van der Waals surface area contributed by atoms with Crippen LogP contribution in [0.1, 0.15) is 25.0 Å². The maximum atomic E-state index is 5.07. The van der Waals surface area contributed by atoms with E-state index in [2.05, 4.69) is 184 Å². The van der Waals surface area contributed by atoms with Crippen molar-refractivity contribution in [2.75, 3.05) is 0 Å². The van der Waals surface area contributed by atoms with Crippen LogP contribution in [0.3, 0.4) is 0 Å². The number of hydrogen-bond donors (Lipinski definition) is 0. The molecular formula is C49H36N2. The van der Waals surface area contributed by atoms with Crippen molar-refractivity contribution in [3.05, 3.63) is 193 Å². The monoisotopic (exact) mass is 652 g/mol. The number of benzene rings is 7. The van der Waals surface area contributed by atoms with Crippen LogP contribution in [-0.4, -0.2) is 9.97 Å². The van der Waals surface area contributed by atoms with Crippen molar-refractivity contribution in [3.8, 4) is 78.4 Å². The van der Waals surface area contributed by atoms with Crippen LogP contribution in [0.25, 0.3) is 78.4 Å². The zero-order chi connectivity index (χ0) is 34.4. The van der Waals surface area contributed by atoms with Crippen molar-refractivity contribution >= 4 is 0 Å². The molecular weight excluding hydrogens is 617 g/mol. The quantitative estimate of drug-likeness (QED) is 0.179. The predicted octanol–water partition coefficient (Wildman–Crippen LogP) is 12.8. The molecule has 8 aromatic rings. The topological polar surface area (TPSA) is 25.8 Å². The minimum atomic E-state index is -0.0729. The van der Waals surface area contributed by atoms with Crippen LogP contribution in [0.2, 0.25) is 0 Å². The molecule has 1 heterocycles. The Kier molecular flexibility index (Phi) is 7.51. The SMILES string of the molecule is CC1(C)c2ccccc2-c2cc(-c3ccccc3)c(-c3ccc(-c4cccc(-c5nc(-c6ccccc6)cc(-c6ccccc6)n5)c4)cc3)cc21. The van der Waals surface area contributed by atoms with Crippen molar-refractivity contribution in [2.45, 2.75) is 19.3 Å². The molecule has 1 aliphatic carbocycles. The molecule has 0 bridgehead atoms. The molecule has 7 aromatic carbocycles. The van der Waals surface area contributed by atoms with Crippen LogP contribution in [0.5, 0.6) is 0 Å². The first-order valence-corrected chi connectivity index (χ1v) is 17.6. The van der Waals surface area contributed by atoms with Gasteiger partial charge in [0.25, 0.3) is 0 Å². The number of fused-ring (bicyclic) bond motifs is 3. The summed E-state index contributed by atoms with van der Waals surface area (Å²) in [5, 5.41) is 0. The molecule has 0 aliphatic heterocycles. The lowest BCUT2D eigenvalue weighted by Crippen LogP contribution is -2.15. The highest BCUT2D eigenvalue weighted by molar-refractivity contribution is 5.93. The Morgan fingerprint density at radius 2 is 0.804 bits per heavy atom. The van der Waals surface area contributed by atoms with Gasteiger partial charge in [0, 0.05) is 22.1 Å². The summed E-state index contributed by atoms with van der Waals surface area (Å²) in [5.74, 6) is 0.711. The first kappa shape index (κ1) is 30.7. The summed E-state index contributed by atoms with van der Waals surface area (Å²) >= 11 is 0. The molecule has 0 saturated carbocycles.